The van der Waals surface area contributed by atoms with E-state index in [2.05, 4.69) is 13.3 Å². The molecule has 1 aliphatic rings. The maximum absolute atomic E-state index is 4.76. The standard InChI is InChI=1S/C7H13.ClH.Zn/c1-7-5-3-2-4-6-7;;/h5,7H,2-4,6H2,1H3;1H;/q-1;;+2/p-1. The van der Waals surface area contributed by atoms with Crippen LogP contribution in [0.5, 0.6) is 0 Å². The van der Waals surface area contributed by atoms with Crippen molar-refractivity contribution < 1.29 is 17.3 Å². The molecule has 0 bridgehead atoms. The Balaban J connectivity index is 0.000000291. The van der Waals surface area contributed by atoms with E-state index >= 15 is 0 Å². The van der Waals surface area contributed by atoms with Gasteiger partial charge >= 0.3 is 27.0 Å². The average molecular weight is 198 g/mol. The number of hydrogen-bond acceptors (Lipinski definition) is 0. The summed E-state index contributed by atoms with van der Waals surface area (Å²) >= 11 is 0.847. The fraction of sp³-hybridized carbons (Fsp3) is 0.857. The number of rotatable bonds is 0. The third kappa shape index (κ3) is 5.36. The molecule has 1 atom stereocenters. The first kappa shape index (κ1) is 9.91. The molecule has 0 amide bonds. The third-order valence-corrected chi connectivity index (χ3v) is 1.68. The molecule has 1 aliphatic carbocycles. The maximum atomic E-state index is 4.76. The number of halogens is 1. The molecule has 0 aliphatic heterocycles. The zero-order valence-corrected chi connectivity index (χ0v) is 9.79. The van der Waals surface area contributed by atoms with Crippen LogP contribution >= 0.6 is 9.69 Å². The minimum atomic E-state index is 0.847. The van der Waals surface area contributed by atoms with Crippen LogP contribution in [0, 0.1) is 12.3 Å². The molecule has 0 aromatic heterocycles. The van der Waals surface area contributed by atoms with Gasteiger partial charge in [0.05, 0.1) is 0 Å². The molecular weight excluding hydrogens is 185 g/mol. The molecule has 1 saturated carbocycles. The predicted molar refractivity (Wildman–Crippen MR) is 37.8 cm³/mol. The van der Waals surface area contributed by atoms with E-state index in [9.17, 15) is 0 Å². The van der Waals surface area contributed by atoms with Crippen molar-refractivity contribution in [1.82, 2.24) is 0 Å². The Labute approximate surface area is 72.1 Å². The Morgan fingerprint density at radius 2 is 2.11 bits per heavy atom. The molecule has 1 fully saturated rings. The van der Waals surface area contributed by atoms with Gasteiger partial charge < -0.3 is 6.42 Å². The minimum absolute atomic E-state index is 0.847. The molecular formula is C7H13ClZn. The van der Waals surface area contributed by atoms with Crippen molar-refractivity contribution in [3.63, 3.8) is 0 Å². The van der Waals surface area contributed by atoms with Crippen molar-refractivity contribution in [2.75, 3.05) is 0 Å². The first-order chi connectivity index (χ1) is 4.39. The molecule has 9 heavy (non-hydrogen) atoms. The van der Waals surface area contributed by atoms with Crippen LogP contribution in [0.2, 0.25) is 0 Å². The van der Waals surface area contributed by atoms with Crippen molar-refractivity contribution >= 4 is 9.69 Å². The summed E-state index contributed by atoms with van der Waals surface area (Å²) in [7, 11) is 4.76. The topological polar surface area (TPSA) is 0 Å². The van der Waals surface area contributed by atoms with Crippen LogP contribution in [0.1, 0.15) is 32.6 Å². The summed E-state index contributed by atoms with van der Waals surface area (Å²) in [6, 6.07) is 0. The molecule has 0 nitrogen and oxygen atoms in total. The molecule has 0 radical (unpaired) electrons. The van der Waals surface area contributed by atoms with Gasteiger partial charge in [-0.2, -0.15) is 12.3 Å². The summed E-state index contributed by atoms with van der Waals surface area (Å²) in [6.45, 7) is 2.30. The fourth-order valence-electron chi connectivity index (χ4n) is 1.13. The average Bonchev–Trinajstić information content (AvgIpc) is 1.94. The van der Waals surface area contributed by atoms with Gasteiger partial charge in [0.2, 0.25) is 0 Å². The molecule has 1 rings (SSSR count). The van der Waals surface area contributed by atoms with Gasteiger partial charge in [0.1, 0.15) is 0 Å². The van der Waals surface area contributed by atoms with Crippen LogP contribution in [-0.2, 0) is 17.3 Å². The molecule has 0 aromatic carbocycles. The van der Waals surface area contributed by atoms with Gasteiger partial charge in [-0.25, -0.2) is 0 Å². The monoisotopic (exact) mass is 196 g/mol. The number of hydrogen-bond donors (Lipinski definition) is 0. The van der Waals surface area contributed by atoms with Crippen molar-refractivity contribution in [3.8, 4) is 0 Å². The third-order valence-electron chi connectivity index (χ3n) is 1.68. The van der Waals surface area contributed by atoms with Gasteiger partial charge in [-0.1, -0.05) is 26.2 Å². The first-order valence-corrected chi connectivity index (χ1v) is 7.39. The summed E-state index contributed by atoms with van der Waals surface area (Å²) in [5.74, 6) is 0.911. The fourth-order valence-corrected chi connectivity index (χ4v) is 1.13. The van der Waals surface area contributed by atoms with E-state index in [1.165, 1.54) is 25.7 Å². The Morgan fingerprint density at radius 3 is 2.33 bits per heavy atom. The van der Waals surface area contributed by atoms with Crippen LogP contribution in [0.3, 0.4) is 0 Å². The van der Waals surface area contributed by atoms with Gasteiger partial charge in [0.25, 0.3) is 0 Å². The normalized spacial score (nSPS) is 26.4. The summed E-state index contributed by atoms with van der Waals surface area (Å²) < 4.78 is 0. The molecule has 0 aromatic rings. The van der Waals surface area contributed by atoms with Gasteiger partial charge in [0.15, 0.2) is 0 Å². The molecule has 0 spiro atoms. The summed E-state index contributed by atoms with van der Waals surface area (Å²) in [5, 5.41) is 0. The first-order valence-electron chi connectivity index (χ1n) is 3.49. The molecule has 0 N–H and O–H groups in total. The van der Waals surface area contributed by atoms with E-state index in [1.807, 2.05) is 0 Å². The molecule has 50 valence electrons. The van der Waals surface area contributed by atoms with E-state index in [4.69, 9.17) is 9.69 Å². The summed E-state index contributed by atoms with van der Waals surface area (Å²) in [4.78, 5) is 0. The molecule has 0 heterocycles. The van der Waals surface area contributed by atoms with E-state index in [-0.39, 0.29) is 0 Å². The van der Waals surface area contributed by atoms with Crippen molar-refractivity contribution in [2.45, 2.75) is 32.6 Å². The van der Waals surface area contributed by atoms with Crippen LogP contribution in [0.15, 0.2) is 0 Å². The Bertz CT molecular complexity index is 50.9. The van der Waals surface area contributed by atoms with Crippen LogP contribution < -0.4 is 0 Å². The second-order valence-corrected chi connectivity index (χ2v) is 2.50. The van der Waals surface area contributed by atoms with Crippen molar-refractivity contribution in [3.05, 3.63) is 6.42 Å². The van der Waals surface area contributed by atoms with Gasteiger partial charge in [-0.05, 0) is 0 Å². The SMILES string of the molecule is CC1[CH-]CCCC1.[Cl][Zn+]. The second-order valence-electron chi connectivity index (χ2n) is 2.50. The van der Waals surface area contributed by atoms with Crippen LogP contribution in [-0.4, -0.2) is 0 Å². The van der Waals surface area contributed by atoms with Crippen LogP contribution in [0.4, 0.5) is 0 Å². The summed E-state index contributed by atoms with van der Waals surface area (Å²) in [6.07, 6.45) is 8.12. The second kappa shape index (κ2) is 7.03. The zero-order chi connectivity index (χ0) is 7.11. The van der Waals surface area contributed by atoms with E-state index in [1.54, 1.807) is 0 Å². The molecule has 0 saturated heterocycles. The zero-order valence-electron chi connectivity index (χ0n) is 6.07. The Hall–Kier alpha value is 0.913. The molecule has 2 heteroatoms. The Kier molecular flexibility index (Phi) is 7.74. The van der Waals surface area contributed by atoms with Crippen molar-refractivity contribution in [2.24, 2.45) is 5.92 Å². The predicted octanol–water partition coefficient (Wildman–Crippen LogP) is 3.09. The van der Waals surface area contributed by atoms with Gasteiger partial charge in [0, 0.05) is 0 Å². The Morgan fingerprint density at radius 1 is 1.44 bits per heavy atom. The molecule has 1 unspecified atom stereocenters. The van der Waals surface area contributed by atoms with Crippen LogP contribution in [0.25, 0.3) is 0 Å². The quantitative estimate of drug-likeness (QED) is 0.414. The van der Waals surface area contributed by atoms with Gasteiger partial charge in [-0.3, -0.25) is 0 Å². The van der Waals surface area contributed by atoms with E-state index in [0.29, 0.717) is 0 Å². The summed E-state index contributed by atoms with van der Waals surface area (Å²) in [5.41, 5.74) is 0. The van der Waals surface area contributed by atoms with E-state index in [0.717, 1.165) is 23.2 Å². The van der Waals surface area contributed by atoms with Crippen molar-refractivity contribution in [1.29, 1.82) is 0 Å². The van der Waals surface area contributed by atoms with Gasteiger partial charge in [-0.15, -0.1) is 0 Å². The van der Waals surface area contributed by atoms with E-state index < -0.39 is 0 Å².